The van der Waals surface area contributed by atoms with E-state index in [9.17, 15) is 18.4 Å². The summed E-state index contributed by atoms with van der Waals surface area (Å²) in [7, 11) is 0. The van der Waals surface area contributed by atoms with Gasteiger partial charge in [0.25, 0.3) is 0 Å². The Hall–Kier alpha value is -3.40. The van der Waals surface area contributed by atoms with Gasteiger partial charge in [-0.25, -0.2) is 0 Å². The number of hydrogen-bond donors (Lipinski definition) is 1. The number of nitriles is 1. The van der Waals surface area contributed by atoms with Gasteiger partial charge in [-0.15, -0.1) is 13.2 Å². The summed E-state index contributed by atoms with van der Waals surface area (Å²) in [6.45, 7) is 0. The Balaban J connectivity index is 1.84. The summed E-state index contributed by atoms with van der Waals surface area (Å²) in [5.41, 5.74) is 9.50. The van der Waals surface area contributed by atoms with Crippen LogP contribution >= 0.6 is 0 Å². The second-order valence-corrected chi connectivity index (χ2v) is 6.56. The number of allylic oxidation sites excluding steroid dienone is 2. The molecular weight excluding hydrogens is 369 g/mol. The highest BCUT2D eigenvalue weighted by molar-refractivity contribution is 5.74. The maximum atomic E-state index is 12.6. The summed E-state index contributed by atoms with van der Waals surface area (Å²) in [4.78, 5) is 0. The molecule has 0 saturated carbocycles. The number of ether oxygens (including phenoxy) is 2. The molecule has 1 aliphatic heterocycles. The highest BCUT2D eigenvalue weighted by Crippen LogP contribution is 2.47. The van der Waals surface area contributed by atoms with Gasteiger partial charge in [0.15, 0.2) is 0 Å². The molecule has 2 aromatic rings. The van der Waals surface area contributed by atoms with Crippen molar-refractivity contribution in [2.24, 2.45) is 5.73 Å². The maximum absolute atomic E-state index is 12.6. The van der Waals surface area contributed by atoms with Crippen molar-refractivity contribution < 1.29 is 22.6 Å². The molecule has 1 aliphatic carbocycles. The summed E-state index contributed by atoms with van der Waals surface area (Å²) in [6, 6.07) is 15.4. The highest BCUT2D eigenvalue weighted by Gasteiger charge is 2.36. The summed E-state index contributed by atoms with van der Waals surface area (Å²) < 4.78 is 47.7. The minimum absolute atomic E-state index is 0.0369. The van der Waals surface area contributed by atoms with Crippen molar-refractivity contribution in [1.29, 1.82) is 5.26 Å². The molecule has 4 rings (SSSR count). The van der Waals surface area contributed by atoms with Crippen molar-refractivity contribution in [3.05, 3.63) is 82.3 Å². The molecule has 0 saturated heterocycles. The van der Waals surface area contributed by atoms with E-state index in [0.717, 1.165) is 23.1 Å². The first-order valence-corrected chi connectivity index (χ1v) is 8.62. The fraction of sp³-hybridized carbons (Fsp3) is 0.190. The lowest BCUT2D eigenvalue weighted by molar-refractivity contribution is -0.274. The van der Waals surface area contributed by atoms with Crippen LogP contribution in [0.15, 0.2) is 65.6 Å². The van der Waals surface area contributed by atoms with Gasteiger partial charge in [0.05, 0.1) is 0 Å². The third-order valence-electron chi connectivity index (χ3n) is 4.88. The second kappa shape index (κ2) is 6.64. The van der Waals surface area contributed by atoms with Gasteiger partial charge < -0.3 is 15.2 Å². The Bertz CT molecular complexity index is 1050. The van der Waals surface area contributed by atoms with Crippen LogP contribution in [0.3, 0.4) is 0 Å². The zero-order valence-corrected chi connectivity index (χ0v) is 14.6. The Morgan fingerprint density at radius 3 is 2.64 bits per heavy atom. The van der Waals surface area contributed by atoms with Gasteiger partial charge in [0.2, 0.25) is 5.88 Å². The molecule has 2 aliphatic rings. The molecule has 28 heavy (non-hydrogen) atoms. The Kier molecular flexibility index (Phi) is 4.27. The predicted octanol–water partition coefficient (Wildman–Crippen LogP) is 4.75. The van der Waals surface area contributed by atoms with Crippen molar-refractivity contribution in [1.82, 2.24) is 0 Å². The smallest absolute Gasteiger partial charge is 0.440 e. The first kappa shape index (κ1) is 18.0. The first-order valence-electron chi connectivity index (χ1n) is 8.62. The molecule has 1 heterocycles. The lowest BCUT2D eigenvalue weighted by Gasteiger charge is -2.33. The molecule has 4 nitrogen and oxygen atoms in total. The van der Waals surface area contributed by atoms with Gasteiger partial charge in [0, 0.05) is 11.5 Å². The van der Waals surface area contributed by atoms with Crippen molar-refractivity contribution >= 4 is 5.76 Å². The fourth-order valence-electron chi connectivity index (χ4n) is 3.77. The van der Waals surface area contributed by atoms with Crippen LogP contribution in [0.5, 0.6) is 5.75 Å². The van der Waals surface area contributed by atoms with Crippen molar-refractivity contribution in [3.8, 4) is 11.8 Å². The molecule has 2 aromatic carbocycles. The van der Waals surface area contributed by atoms with E-state index in [1.54, 1.807) is 6.07 Å². The Morgan fingerprint density at radius 1 is 1.11 bits per heavy atom. The number of alkyl halides is 3. The molecule has 1 unspecified atom stereocenters. The number of fused-ring (bicyclic) bond motifs is 2. The maximum Gasteiger partial charge on any atom is 0.573 e. The summed E-state index contributed by atoms with van der Waals surface area (Å²) in [5.74, 6) is -0.389. The molecule has 0 fully saturated rings. The molecule has 2 N–H and O–H groups in total. The third kappa shape index (κ3) is 3.18. The van der Waals surface area contributed by atoms with E-state index >= 15 is 0 Å². The molecule has 1 atom stereocenters. The predicted molar refractivity (Wildman–Crippen MR) is 95.5 cm³/mol. The van der Waals surface area contributed by atoms with E-state index in [1.165, 1.54) is 18.2 Å². The number of nitrogens with two attached hydrogens (primary N) is 1. The zero-order chi connectivity index (χ0) is 19.9. The van der Waals surface area contributed by atoms with Gasteiger partial charge in [-0.1, -0.05) is 36.4 Å². The van der Waals surface area contributed by atoms with Crippen LogP contribution in [0.4, 0.5) is 13.2 Å². The lowest BCUT2D eigenvalue weighted by Crippen LogP contribution is -2.23. The van der Waals surface area contributed by atoms with E-state index in [0.29, 0.717) is 17.7 Å². The highest BCUT2D eigenvalue weighted by atomic mass is 19.4. The van der Waals surface area contributed by atoms with Crippen LogP contribution in [-0.4, -0.2) is 6.36 Å². The quantitative estimate of drug-likeness (QED) is 0.811. The molecule has 0 spiro atoms. The van der Waals surface area contributed by atoms with Gasteiger partial charge in [-0.2, -0.15) is 5.26 Å². The van der Waals surface area contributed by atoms with Crippen LogP contribution in [0, 0.1) is 11.3 Å². The van der Waals surface area contributed by atoms with Crippen molar-refractivity contribution in [2.75, 3.05) is 0 Å². The average molecular weight is 384 g/mol. The number of hydrogen-bond acceptors (Lipinski definition) is 4. The SMILES string of the molecule is N#CC1=C(N)OC2=C(CCc3ccccc32)C1c1cccc(OC(F)(F)F)c1. The summed E-state index contributed by atoms with van der Waals surface area (Å²) in [6.07, 6.45) is -3.44. The van der Waals surface area contributed by atoms with Gasteiger partial charge in [-0.3, -0.25) is 0 Å². The van der Waals surface area contributed by atoms with Crippen LogP contribution in [0.25, 0.3) is 5.76 Å². The number of nitrogens with zero attached hydrogens (tertiary/aromatic N) is 1. The summed E-state index contributed by atoms with van der Waals surface area (Å²) >= 11 is 0. The molecule has 0 bridgehead atoms. The van der Waals surface area contributed by atoms with Crippen LogP contribution in [0.1, 0.15) is 29.0 Å². The number of halogens is 3. The van der Waals surface area contributed by atoms with E-state index in [4.69, 9.17) is 10.5 Å². The topological polar surface area (TPSA) is 68.3 Å². The monoisotopic (exact) mass is 384 g/mol. The average Bonchev–Trinajstić information content (AvgIpc) is 2.65. The lowest BCUT2D eigenvalue weighted by atomic mass is 9.76. The van der Waals surface area contributed by atoms with Crippen LogP contribution in [-0.2, 0) is 11.2 Å². The largest absolute Gasteiger partial charge is 0.573 e. The standard InChI is InChI=1S/C21H15F3N2O2/c22-21(23,24)28-14-6-3-5-13(10-14)18-16-9-8-12-4-1-2-7-15(12)19(16)27-20(26)17(18)11-25/h1-7,10,18H,8-9,26H2. The normalized spacial score (nSPS) is 18.7. The van der Waals surface area contributed by atoms with Crippen LogP contribution in [0.2, 0.25) is 0 Å². The van der Waals surface area contributed by atoms with E-state index in [1.807, 2.05) is 24.3 Å². The van der Waals surface area contributed by atoms with Crippen LogP contribution < -0.4 is 10.5 Å². The van der Waals surface area contributed by atoms with E-state index in [2.05, 4.69) is 10.8 Å². The number of aryl methyl sites for hydroxylation is 1. The van der Waals surface area contributed by atoms with Gasteiger partial charge >= 0.3 is 6.36 Å². The Morgan fingerprint density at radius 2 is 1.89 bits per heavy atom. The van der Waals surface area contributed by atoms with Gasteiger partial charge in [-0.05, 0) is 41.7 Å². The van der Waals surface area contributed by atoms with Gasteiger partial charge in [0.1, 0.15) is 23.2 Å². The third-order valence-corrected chi connectivity index (χ3v) is 4.88. The van der Waals surface area contributed by atoms with E-state index < -0.39 is 12.3 Å². The summed E-state index contributed by atoms with van der Waals surface area (Å²) in [5, 5.41) is 9.63. The second-order valence-electron chi connectivity index (χ2n) is 6.56. The zero-order valence-electron chi connectivity index (χ0n) is 14.6. The number of benzene rings is 2. The van der Waals surface area contributed by atoms with Crippen molar-refractivity contribution in [2.45, 2.75) is 25.1 Å². The minimum Gasteiger partial charge on any atom is -0.440 e. The minimum atomic E-state index is -4.80. The van der Waals surface area contributed by atoms with Crippen molar-refractivity contribution in [3.63, 3.8) is 0 Å². The molecule has 0 radical (unpaired) electrons. The molecule has 142 valence electrons. The molecule has 0 aromatic heterocycles. The molecule has 7 heteroatoms. The Labute approximate surface area is 159 Å². The fourth-order valence-corrected chi connectivity index (χ4v) is 3.77. The first-order chi connectivity index (χ1) is 13.4. The van der Waals surface area contributed by atoms with E-state index in [-0.39, 0.29) is 17.2 Å². The number of rotatable bonds is 2. The molecule has 0 amide bonds. The molecular formula is C21H15F3N2O2.